The Hall–Kier alpha value is -3.26. The lowest BCUT2D eigenvalue weighted by Gasteiger charge is -2.25. The topological polar surface area (TPSA) is 110 Å². The Morgan fingerprint density at radius 3 is 2.93 bits per heavy atom. The predicted octanol–water partition coefficient (Wildman–Crippen LogP) is 3.25. The minimum atomic E-state index is -0.729. The Kier molecular flexibility index (Phi) is 5.02. The Bertz CT molecular complexity index is 1070. The third-order valence-electron chi connectivity index (χ3n) is 5.13. The highest BCUT2D eigenvalue weighted by Gasteiger charge is 2.30. The molecule has 1 unspecified atom stereocenters. The zero-order valence-corrected chi connectivity index (χ0v) is 16.3. The molecular formula is C21H22N4O4. The number of carbonyl (C=O) groups excluding carboxylic acids is 1. The highest BCUT2D eigenvalue weighted by atomic mass is 16.6. The molecule has 1 amide bonds. The van der Waals surface area contributed by atoms with Gasteiger partial charge in [-0.05, 0) is 67.2 Å². The molecule has 1 aliphatic rings. The van der Waals surface area contributed by atoms with E-state index < -0.39 is 5.60 Å². The van der Waals surface area contributed by atoms with Gasteiger partial charge in [-0.1, -0.05) is 11.6 Å². The van der Waals surface area contributed by atoms with Gasteiger partial charge in [-0.2, -0.15) is 0 Å². The van der Waals surface area contributed by atoms with E-state index in [-0.39, 0.29) is 17.7 Å². The minimum absolute atomic E-state index is 0.174. The molecule has 0 radical (unpaired) electrons. The second-order valence-corrected chi connectivity index (χ2v) is 7.71. The molecule has 0 fully saturated rings. The SMILES string of the molecule is CC(C)(O)C1CC=C(CNC(=O)c2cccnc2Oc2ccc3nonc3c2)C1. The van der Waals surface area contributed by atoms with E-state index in [9.17, 15) is 9.90 Å². The quantitative estimate of drug-likeness (QED) is 0.618. The summed E-state index contributed by atoms with van der Waals surface area (Å²) in [6, 6.07) is 8.45. The van der Waals surface area contributed by atoms with Crippen LogP contribution in [0, 0.1) is 5.92 Å². The largest absolute Gasteiger partial charge is 0.438 e. The van der Waals surface area contributed by atoms with E-state index in [2.05, 4.69) is 31.3 Å². The molecule has 1 atom stereocenters. The van der Waals surface area contributed by atoms with Crippen molar-refractivity contribution in [3.63, 3.8) is 0 Å². The summed E-state index contributed by atoms with van der Waals surface area (Å²) in [5.74, 6) is 0.584. The number of fused-ring (bicyclic) bond motifs is 1. The van der Waals surface area contributed by atoms with Crippen molar-refractivity contribution in [2.75, 3.05) is 6.54 Å². The van der Waals surface area contributed by atoms with Crippen LogP contribution in [0.3, 0.4) is 0 Å². The summed E-state index contributed by atoms with van der Waals surface area (Å²) < 4.78 is 10.5. The first-order valence-electron chi connectivity index (χ1n) is 9.44. The molecule has 0 saturated carbocycles. The van der Waals surface area contributed by atoms with Gasteiger partial charge in [0.1, 0.15) is 22.3 Å². The van der Waals surface area contributed by atoms with E-state index in [1.807, 2.05) is 13.8 Å². The molecular weight excluding hydrogens is 372 g/mol. The highest BCUT2D eigenvalue weighted by Crippen LogP contribution is 2.33. The Balaban J connectivity index is 1.43. The Morgan fingerprint density at radius 2 is 2.14 bits per heavy atom. The van der Waals surface area contributed by atoms with Crippen molar-refractivity contribution in [3.8, 4) is 11.6 Å². The molecule has 1 aliphatic carbocycles. The Labute approximate surface area is 167 Å². The first-order valence-corrected chi connectivity index (χ1v) is 9.44. The minimum Gasteiger partial charge on any atom is -0.438 e. The van der Waals surface area contributed by atoms with Gasteiger partial charge in [0, 0.05) is 18.8 Å². The van der Waals surface area contributed by atoms with Gasteiger partial charge in [-0.3, -0.25) is 4.79 Å². The molecule has 4 rings (SSSR count). The number of nitrogens with zero attached hydrogens (tertiary/aromatic N) is 3. The van der Waals surface area contributed by atoms with Gasteiger partial charge < -0.3 is 15.2 Å². The lowest BCUT2D eigenvalue weighted by molar-refractivity contribution is 0.0218. The molecule has 0 saturated heterocycles. The summed E-state index contributed by atoms with van der Waals surface area (Å²) in [4.78, 5) is 16.9. The predicted molar refractivity (Wildman–Crippen MR) is 106 cm³/mol. The number of nitrogens with one attached hydrogen (secondary N) is 1. The second-order valence-electron chi connectivity index (χ2n) is 7.71. The summed E-state index contributed by atoms with van der Waals surface area (Å²) in [6.07, 6.45) is 5.24. The van der Waals surface area contributed by atoms with E-state index in [0.717, 1.165) is 18.4 Å². The van der Waals surface area contributed by atoms with E-state index in [0.29, 0.717) is 28.9 Å². The maximum absolute atomic E-state index is 12.7. The number of benzene rings is 1. The van der Waals surface area contributed by atoms with E-state index in [1.165, 1.54) is 0 Å². The molecule has 0 bridgehead atoms. The van der Waals surface area contributed by atoms with Gasteiger partial charge in [0.2, 0.25) is 5.88 Å². The van der Waals surface area contributed by atoms with Crippen LogP contribution in [0.25, 0.3) is 11.0 Å². The van der Waals surface area contributed by atoms with E-state index >= 15 is 0 Å². The van der Waals surface area contributed by atoms with Crippen LogP contribution >= 0.6 is 0 Å². The van der Waals surface area contributed by atoms with Crippen LogP contribution in [0.5, 0.6) is 11.6 Å². The fraction of sp³-hybridized carbons (Fsp3) is 0.333. The summed E-state index contributed by atoms with van der Waals surface area (Å²) in [6.45, 7) is 4.06. The smallest absolute Gasteiger partial charge is 0.257 e. The number of pyridine rings is 1. The highest BCUT2D eigenvalue weighted by molar-refractivity contribution is 5.96. The lowest BCUT2D eigenvalue weighted by atomic mass is 9.88. The van der Waals surface area contributed by atoms with Crippen LogP contribution in [0.2, 0.25) is 0 Å². The number of rotatable bonds is 6. The van der Waals surface area contributed by atoms with Crippen LogP contribution < -0.4 is 10.1 Å². The van der Waals surface area contributed by atoms with Crippen molar-refractivity contribution in [1.29, 1.82) is 0 Å². The van der Waals surface area contributed by atoms with Crippen molar-refractivity contribution in [2.24, 2.45) is 5.92 Å². The molecule has 150 valence electrons. The number of ether oxygens (including phenoxy) is 1. The summed E-state index contributed by atoms with van der Waals surface area (Å²) in [5, 5.41) is 20.6. The maximum Gasteiger partial charge on any atom is 0.257 e. The molecule has 1 aromatic carbocycles. The molecule has 2 N–H and O–H groups in total. The average molecular weight is 394 g/mol. The summed E-state index contributed by atoms with van der Waals surface area (Å²) in [7, 11) is 0. The van der Waals surface area contributed by atoms with Crippen molar-refractivity contribution in [3.05, 3.63) is 53.7 Å². The summed E-state index contributed by atoms with van der Waals surface area (Å²) in [5.41, 5.74) is 1.89. The monoisotopic (exact) mass is 394 g/mol. The molecule has 8 nitrogen and oxygen atoms in total. The van der Waals surface area contributed by atoms with Gasteiger partial charge in [0.25, 0.3) is 5.91 Å². The maximum atomic E-state index is 12.7. The summed E-state index contributed by atoms with van der Waals surface area (Å²) >= 11 is 0. The molecule has 2 heterocycles. The molecule has 2 aromatic heterocycles. The zero-order valence-electron chi connectivity index (χ0n) is 16.3. The molecule has 0 spiro atoms. The van der Waals surface area contributed by atoms with Crippen molar-refractivity contribution < 1.29 is 19.3 Å². The van der Waals surface area contributed by atoms with Crippen LogP contribution in [-0.4, -0.2) is 38.5 Å². The number of hydrogen-bond acceptors (Lipinski definition) is 7. The number of aromatic nitrogens is 3. The number of amides is 1. The van der Waals surface area contributed by atoms with Crippen LogP contribution in [0.15, 0.2) is 52.8 Å². The van der Waals surface area contributed by atoms with Gasteiger partial charge in [0.05, 0.1) is 5.60 Å². The van der Waals surface area contributed by atoms with Gasteiger partial charge in [-0.15, -0.1) is 0 Å². The molecule has 3 aromatic rings. The van der Waals surface area contributed by atoms with Crippen molar-refractivity contribution in [1.82, 2.24) is 20.6 Å². The number of allylic oxidation sites excluding steroid dienone is 1. The first kappa shape index (κ1) is 19.1. The fourth-order valence-electron chi connectivity index (χ4n) is 3.35. The molecule has 8 heteroatoms. The number of aliphatic hydroxyl groups is 1. The van der Waals surface area contributed by atoms with E-state index in [4.69, 9.17) is 4.74 Å². The van der Waals surface area contributed by atoms with Crippen molar-refractivity contribution in [2.45, 2.75) is 32.3 Å². The standard InChI is InChI=1S/C21H22N4O4/c1-21(2,27)14-6-5-13(10-14)12-23-19(26)16-4-3-9-22-20(16)28-15-7-8-17-18(11-15)25-29-24-17/h3-5,7-9,11,14,27H,6,10,12H2,1-2H3,(H,23,26). The number of hydrogen-bond donors (Lipinski definition) is 2. The van der Waals surface area contributed by atoms with Crippen LogP contribution in [-0.2, 0) is 0 Å². The van der Waals surface area contributed by atoms with Crippen molar-refractivity contribution >= 4 is 16.9 Å². The molecule has 29 heavy (non-hydrogen) atoms. The Morgan fingerprint density at radius 1 is 1.31 bits per heavy atom. The van der Waals surface area contributed by atoms with Gasteiger partial charge in [0.15, 0.2) is 0 Å². The third kappa shape index (κ3) is 4.27. The number of carbonyl (C=O) groups is 1. The van der Waals surface area contributed by atoms with Gasteiger partial charge >= 0.3 is 0 Å². The average Bonchev–Trinajstić information content (AvgIpc) is 3.35. The van der Waals surface area contributed by atoms with Crippen LogP contribution in [0.4, 0.5) is 0 Å². The zero-order chi connectivity index (χ0) is 20.4. The molecule has 0 aliphatic heterocycles. The van der Waals surface area contributed by atoms with Crippen LogP contribution in [0.1, 0.15) is 37.0 Å². The first-order chi connectivity index (χ1) is 13.9. The fourth-order valence-corrected chi connectivity index (χ4v) is 3.35. The van der Waals surface area contributed by atoms with E-state index in [1.54, 1.807) is 36.5 Å². The third-order valence-corrected chi connectivity index (χ3v) is 5.13. The lowest BCUT2D eigenvalue weighted by Crippen LogP contribution is -2.30. The van der Waals surface area contributed by atoms with Gasteiger partial charge in [-0.25, -0.2) is 9.61 Å². The normalized spacial score (nSPS) is 16.7. The second kappa shape index (κ2) is 7.63.